The van der Waals surface area contributed by atoms with Gasteiger partial charge < -0.3 is 10.4 Å². The molecule has 0 fully saturated rings. The summed E-state index contributed by atoms with van der Waals surface area (Å²) < 4.78 is 0. The van der Waals surface area contributed by atoms with Gasteiger partial charge in [0, 0.05) is 0 Å². The maximum atomic E-state index is 10.3. The SMILES string of the molecule is CCCCCCCCCCCC[NH2+]CC(=O)O. The molecule has 3 N–H and O–H groups in total. The van der Waals surface area contributed by atoms with E-state index in [-0.39, 0.29) is 6.54 Å². The van der Waals surface area contributed by atoms with E-state index in [0.29, 0.717) is 0 Å². The first-order valence-corrected chi connectivity index (χ1v) is 7.30. The van der Waals surface area contributed by atoms with Crippen LogP contribution in [0.3, 0.4) is 0 Å². The minimum absolute atomic E-state index is 0.220. The Labute approximate surface area is 106 Å². The van der Waals surface area contributed by atoms with Crippen LogP contribution >= 0.6 is 0 Å². The number of quaternary nitrogens is 1. The zero-order valence-corrected chi connectivity index (χ0v) is 11.4. The quantitative estimate of drug-likeness (QED) is 0.489. The van der Waals surface area contributed by atoms with Gasteiger partial charge >= 0.3 is 5.97 Å². The number of rotatable bonds is 13. The van der Waals surface area contributed by atoms with Crippen LogP contribution in [0.15, 0.2) is 0 Å². The topological polar surface area (TPSA) is 53.9 Å². The van der Waals surface area contributed by atoms with Gasteiger partial charge in [0.05, 0.1) is 6.54 Å². The molecule has 0 aliphatic carbocycles. The van der Waals surface area contributed by atoms with Crippen molar-refractivity contribution in [3.63, 3.8) is 0 Å². The summed E-state index contributed by atoms with van der Waals surface area (Å²) in [7, 11) is 0. The van der Waals surface area contributed by atoms with Crippen molar-refractivity contribution in [2.45, 2.75) is 71.1 Å². The maximum absolute atomic E-state index is 10.3. The zero-order chi connectivity index (χ0) is 12.8. The molecule has 3 heteroatoms. The molecular formula is C14H30NO2+. The van der Waals surface area contributed by atoms with E-state index in [1.165, 1.54) is 57.8 Å². The number of nitrogens with two attached hydrogens (primary N) is 1. The van der Waals surface area contributed by atoms with Crippen molar-refractivity contribution in [1.82, 2.24) is 0 Å². The number of hydrogen-bond donors (Lipinski definition) is 2. The van der Waals surface area contributed by atoms with Gasteiger partial charge in [-0.15, -0.1) is 0 Å². The fourth-order valence-electron chi connectivity index (χ4n) is 2.00. The van der Waals surface area contributed by atoms with Gasteiger partial charge in [-0.2, -0.15) is 0 Å². The lowest BCUT2D eigenvalue weighted by molar-refractivity contribution is -0.645. The second-order valence-corrected chi connectivity index (χ2v) is 4.86. The van der Waals surface area contributed by atoms with Crippen LogP contribution in [0, 0.1) is 0 Å². The Morgan fingerprint density at radius 2 is 1.35 bits per heavy atom. The largest absolute Gasteiger partial charge is 0.477 e. The molecule has 0 heterocycles. The third-order valence-corrected chi connectivity index (χ3v) is 3.08. The lowest BCUT2D eigenvalue weighted by Gasteiger charge is -2.01. The van der Waals surface area contributed by atoms with E-state index < -0.39 is 5.97 Å². The zero-order valence-electron chi connectivity index (χ0n) is 11.4. The molecular weight excluding hydrogens is 214 g/mol. The molecule has 17 heavy (non-hydrogen) atoms. The Kier molecular flexibility index (Phi) is 13.0. The average molecular weight is 244 g/mol. The van der Waals surface area contributed by atoms with Crippen molar-refractivity contribution in [1.29, 1.82) is 0 Å². The fourth-order valence-corrected chi connectivity index (χ4v) is 2.00. The predicted molar refractivity (Wildman–Crippen MR) is 71.1 cm³/mol. The predicted octanol–water partition coefficient (Wildman–Crippen LogP) is 2.56. The molecule has 0 aliphatic heterocycles. The fraction of sp³-hybridized carbons (Fsp3) is 0.929. The second-order valence-electron chi connectivity index (χ2n) is 4.86. The monoisotopic (exact) mass is 244 g/mol. The van der Waals surface area contributed by atoms with Gasteiger partial charge in [0.2, 0.25) is 0 Å². The number of aliphatic carboxylic acids is 1. The highest BCUT2D eigenvalue weighted by Gasteiger charge is 1.98. The molecule has 0 aromatic carbocycles. The molecule has 0 atom stereocenters. The summed E-state index contributed by atoms with van der Waals surface area (Å²) in [5, 5.41) is 10.3. The van der Waals surface area contributed by atoms with Crippen LogP contribution < -0.4 is 5.32 Å². The van der Waals surface area contributed by atoms with Crippen LogP contribution in [0.25, 0.3) is 0 Å². The van der Waals surface area contributed by atoms with Gasteiger partial charge in [-0.05, 0) is 12.8 Å². The molecule has 0 spiro atoms. The number of carboxylic acids is 1. The first-order valence-electron chi connectivity index (χ1n) is 7.30. The van der Waals surface area contributed by atoms with Crippen molar-refractivity contribution >= 4 is 5.97 Å². The number of carbonyl (C=O) groups is 1. The summed E-state index contributed by atoms with van der Waals surface area (Å²) in [5.74, 6) is -0.711. The van der Waals surface area contributed by atoms with Crippen molar-refractivity contribution in [3.05, 3.63) is 0 Å². The van der Waals surface area contributed by atoms with E-state index in [1.54, 1.807) is 0 Å². The van der Waals surface area contributed by atoms with Gasteiger partial charge in [0.25, 0.3) is 0 Å². The Bertz CT molecular complexity index is 172. The van der Waals surface area contributed by atoms with Crippen LogP contribution in [0.1, 0.15) is 71.1 Å². The Balaban J connectivity index is 2.91. The highest BCUT2D eigenvalue weighted by atomic mass is 16.4. The van der Waals surface area contributed by atoms with E-state index in [9.17, 15) is 4.79 Å². The first-order chi connectivity index (χ1) is 8.27. The molecule has 0 bridgehead atoms. The summed E-state index contributed by atoms with van der Waals surface area (Å²) in [6.07, 6.45) is 13.4. The van der Waals surface area contributed by atoms with E-state index in [1.807, 2.05) is 5.32 Å². The van der Waals surface area contributed by atoms with Crippen LogP contribution in [0.5, 0.6) is 0 Å². The lowest BCUT2D eigenvalue weighted by Crippen LogP contribution is -2.85. The molecule has 0 radical (unpaired) electrons. The summed E-state index contributed by atoms with van der Waals surface area (Å²) in [4.78, 5) is 10.3. The molecule has 0 saturated heterocycles. The molecule has 0 aromatic rings. The summed E-state index contributed by atoms with van der Waals surface area (Å²) in [5.41, 5.74) is 0. The normalized spacial score (nSPS) is 10.6. The second kappa shape index (κ2) is 13.5. The average Bonchev–Trinajstić information content (AvgIpc) is 2.30. The van der Waals surface area contributed by atoms with Crippen LogP contribution in [0.2, 0.25) is 0 Å². The highest BCUT2D eigenvalue weighted by Crippen LogP contribution is 2.09. The molecule has 0 unspecified atom stereocenters. The minimum atomic E-state index is -0.711. The van der Waals surface area contributed by atoms with Crippen molar-refractivity contribution in [2.24, 2.45) is 0 Å². The third kappa shape index (κ3) is 15.4. The van der Waals surface area contributed by atoms with Gasteiger partial charge in [0.1, 0.15) is 0 Å². The Morgan fingerprint density at radius 1 is 0.882 bits per heavy atom. The molecule has 0 aliphatic rings. The molecule has 3 nitrogen and oxygen atoms in total. The molecule has 102 valence electrons. The minimum Gasteiger partial charge on any atom is -0.477 e. The highest BCUT2D eigenvalue weighted by molar-refractivity contribution is 5.67. The van der Waals surface area contributed by atoms with Gasteiger partial charge in [-0.1, -0.05) is 58.3 Å². The number of unbranched alkanes of at least 4 members (excludes halogenated alkanes) is 9. The molecule has 0 aromatic heterocycles. The van der Waals surface area contributed by atoms with Crippen molar-refractivity contribution in [3.8, 4) is 0 Å². The summed E-state index contributed by atoms with van der Waals surface area (Å²) in [6.45, 7) is 3.43. The number of carboxylic acid groups (broad SMARTS) is 1. The Hall–Kier alpha value is -0.570. The maximum Gasteiger partial charge on any atom is 0.359 e. The first kappa shape index (κ1) is 16.4. The van der Waals surface area contributed by atoms with E-state index in [0.717, 1.165) is 13.0 Å². The van der Waals surface area contributed by atoms with Gasteiger partial charge in [0.15, 0.2) is 6.54 Å². The lowest BCUT2D eigenvalue weighted by atomic mass is 10.1. The Morgan fingerprint density at radius 3 is 1.82 bits per heavy atom. The van der Waals surface area contributed by atoms with Crippen LogP contribution in [-0.4, -0.2) is 24.2 Å². The van der Waals surface area contributed by atoms with Crippen LogP contribution in [-0.2, 0) is 4.79 Å². The van der Waals surface area contributed by atoms with E-state index in [2.05, 4.69) is 6.92 Å². The van der Waals surface area contributed by atoms with Gasteiger partial charge in [-0.3, -0.25) is 0 Å². The van der Waals surface area contributed by atoms with E-state index in [4.69, 9.17) is 5.11 Å². The van der Waals surface area contributed by atoms with Crippen LogP contribution in [0.4, 0.5) is 0 Å². The van der Waals surface area contributed by atoms with E-state index >= 15 is 0 Å². The standard InChI is InChI=1S/C14H29NO2/c1-2-3-4-5-6-7-8-9-10-11-12-15-13-14(16)17/h15H,2-13H2,1H3,(H,16,17)/p+1. The molecule has 0 amide bonds. The van der Waals surface area contributed by atoms with Crippen molar-refractivity contribution < 1.29 is 15.2 Å². The summed E-state index contributed by atoms with van der Waals surface area (Å²) >= 11 is 0. The molecule has 0 saturated carbocycles. The van der Waals surface area contributed by atoms with Gasteiger partial charge in [-0.25, -0.2) is 4.79 Å². The molecule has 0 rings (SSSR count). The smallest absolute Gasteiger partial charge is 0.359 e. The number of hydrogen-bond acceptors (Lipinski definition) is 1. The summed E-state index contributed by atoms with van der Waals surface area (Å²) in [6, 6.07) is 0. The third-order valence-electron chi connectivity index (χ3n) is 3.08. The van der Waals surface area contributed by atoms with Crippen molar-refractivity contribution in [2.75, 3.05) is 13.1 Å².